The Hall–Kier alpha value is -1.72. The van der Waals surface area contributed by atoms with Crippen molar-refractivity contribution in [3.05, 3.63) is 41.4 Å². The van der Waals surface area contributed by atoms with Gasteiger partial charge in [-0.3, -0.25) is 9.69 Å². The highest BCUT2D eigenvalue weighted by molar-refractivity contribution is 7.13. The van der Waals surface area contributed by atoms with E-state index in [1.165, 1.54) is 64.5 Å². The lowest BCUT2D eigenvalue weighted by molar-refractivity contribution is -0.121. The van der Waals surface area contributed by atoms with Gasteiger partial charge in [-0.25, -0.2) is 4.98 Å². The summed E-state index contributed by atoms with van der Waals surface area (Å²) in [5.74, 6) is 0.104. The summed E-state index contributed by atoms with van der Waals surface area (Å²) in [5.41, 5.74) is 2.17. The Kier molecular flexibility index (Phi) is 6.43. The van der Waals surface area contributed by atoms with Crippen LogP contribution in [0.3, 0.4) is 0 Å². The van der Waals surface area contributed by atoms with Gasteiger partial charge >= 0.3 is 0 Å². The summed E-state index contributed by atoms with van der Waals surface area (Å²) in [6, 6.07) is 10.2. The number of rotatable bonds is 6. The third-order valence-electron chi connectivity index (χ3n) is 6.34. The Balaban J connectivity index is 1.35. The lowest BCUT2D eigenvalue weighted by atomic mass is 9.79. The summed E-state index contributed by atoms with van der Waals surface area (Å²) >= 11 is 1.61. The molecule has 4 rings (SSSR count). The summed E-state index contributed by atoms with van der Waals surface area (Å²) in [5, 5.41) is 6.28. The van der Waals surface area contributed by atoms with Crippen LogP contribution in [-0.4, -0.2) is 41.0 Å². The molecule has 28 heavy (non-hydrogen) atoms. The SMILES string of the molecule is O=C(Cc1csc(-c2ccccc2)n1)NCC1(N2CCCCC2)CCCCC1. The van der Waals surface area contributed by atoms with Crippen LogP contribution < -0.4 is 5.32 Å². The van der Waals surface area contributed by atoms with Crippen molar-refractivity contribution >= 4 is 17.2 Å². The number of carbonyl (C=O) groups excluding carboxylic acids is 1. The van der Waals surface area contributed by atoms with E-state index in [0.717, 1.165) is 22.8 Å². The van der Waals surface area contributed by atoms with Crippen LogP contribution in [0, 0.1) is 0 Å². The van der Waals surface area contributed by atoms with Gasteiger partial charge in [0.2, 0.25) is 5.91 Å². The fourth-order valence-electron chi connectivity index (χ4n) is 4.77. The Morgan fingerprint density at radius 2 is 1.75 bits per heavy atom. The highest BCUT2D eigenvalue weighted by Crippen LogP contribution is 2.35. The lowest BCUT2D eigenvalue weighted by Gasteiger charge is -2.48. The first-order valence-corrected chi connectivity index (χ1v) is 11.6. The van der Waals surface area contributed by atoms with E-state index in [4.69, 9.17) is 0 Å². The van der Waals surface area contributed by atoms with Crippen LogP contribution in [-0.2, 0) is 11.2 Å². The van der Waals surface area contributed by atoms with Crippen molar-refractivity contribution in [2.24, 2.45) is 0 Å². The van der Waals surface area contributed by atoms with Gasteiger partial charge in [0.25, 0.3) is 0 Å². The maximum atomic E-state index is 12.7. The quantitative estimate of drug-likeness (QED) is 0.771. The van der Waals surface area contributed by atoms with E-state index < -0.39 is 0 Å². The third-order valence-corrected chi connectivity index (χ3v) is 7.28. The number of aromatic nitrogens is 1. The molecule has 150 valence electrons. The minimum atomic E-state index is 0.104. The van der Waals surface area contributed by atoms with Crippen molar-refractivity contribution in [3.8, 4) is 10.6 Å². The monoisotopic (exact) mass is 397 g/mol. The number of amides is 1. The second-order valence-corrected chi connectivity index (χ2v) is 9.15. The molecule has 0 radical (unpaired) electrons. The van der Waals surface area contributed by atoms with Gasteiger partial charge in [0.15, 0.2) is 0 Å². The first-order valence-electron chi connectivity index (χ1n) is 10.8. The van der Waals surface area contributed by atoms with Crippen LogP contribution in [0.5, 0.6) is 0 Å². The van der Waals surface area contributed by atoms with Gasteiger partial charge in [-0.1, -0.05) is 56.0 Å². The fraction of sp³-hybridized carbons (Fsp3) is 0.565. The molecule has 0 spiro atoms. The third kappa shape index (κ3) is 4.64. The predicted octanol–water partition coefficient (Wildman–Crippen LogP) is 4.66. The Morgan fingerprint density at radius 1 is 1.04 bits per heavy atom. The van der Waals surface area contributed by atoms with Gasteiger partial charge < -0.3 is 5.32 Å². The molecule has 1 aromatic heterocycles. The molecular weight excluding hydrogens is 366 g/mol. The van der Waals surface area contributed by atoms with Crippen LogP contribution >= 0.6 is 11.3 Å². The highest BCUT2D eigenvalue weighted by Gasteiger charge is 2.38. The van der Waals surface area contributed by atoms with Crippen molar-refractivity contribution < 1.29 is 4.79 Å². The molecule has 0 atom stereocenters. The Labute approximate surface area is 172 Å². The highest BCUT2D eigenvalue weighted by atomic mass is 32.1. The van der Waals surface area contributed by atoms with Crippen molar-refractivity contribution in [1.29, 1.82) is 0 Å². The molecule has 5 heteroatoms. The Morgan fingerprint density at radius 3 is 2.50 bits per heavy atom. The molecule has 2 aliphatic rings. The van der Waals surface area contributed by atoms with Crippen LogP contribution in [0.1, 0.15) is 57.1 Å². The average Bonchev–Trinajstić information content (AvgIpc) is 3.23. The van der Waals surface area contributed by atoms with E-state index in [-0.39, 0.29) is 11.4 Å². The van der Waals surface area contributed by atoms with E-state index in [0.29, 0.717) is 6.42 Å². The van der Waals surface area contributed by atoms with E-state index in [9.17, 15) is 4.79 Å². The molecule has 1 aliphatic carbocycles. The number of likely N-dealkylation sites (tertiary alicyclic amines) is 1. The van der Waals surface area contributed by atoms with Crippen LogP contribution in [0.2, 0.25) is 0 Å². The molecule has 1 amide bonds. The number of piperidine rings is 1. The number of nitrogens with zero attached hydrogens (tertiary/aromatic N) is 2. The summed E-state index contributed by atoms with van der Waals surface area (Å²) < 4.78 is 0. The van der Waals surface area contributed by atoms with Gasteiger partial charge in [-0.15, -0.1) is 11.3 Å². The van der Waals surface area contributed by atoms with Gasteiger partial charge in [0, 0.05) is 23.0 Å². The maximum Gasteiger partial charge on any atom is 0.226 e. The Bertz CT molecular complexity index is 761. The van der Waals surface area contributed by atoms with Crippen molar-refractivity contribution in [1.82, 2.24) is 15.2 Å². The second-order valence-electron chi connectivity index (χ2n) is 8.30. The normalized spacial score (nSPS) is 20.0. The fourth-order valence-corrected chi connectivity index (χ4v) is 5.60. The van der Waals surface area contributed by atoms with E-state index in [1.54, 1.807) is 11.3 Å². The molecule has 1 N–H and O–H groups in total. The number of carbonyl (C=O) groups is 1. The molecule has 1 aromatic carbocycles. The molecule has 1 saturated carbocycles. The number of thiazole rings is 1. The largest absolute Gasteiger partial charge is 0.354 e. The molecule has 2 aromatic rings. The van der Waals surface area contributed by atoms with E-state index >= 15 is 0 Å². The molecule has 1 saturated heterocycles. The topological polar surface area (TPSA) is 45.2 Å². The minimum absolute atomic E-state index is 0.104. The zero-order valence-electron chi connectivity index (χ0n) is 16.7. The summed E-state index contributed by atoms with van der Waals surface area (Å²) in [6.07, 6.45) is 10.7. The second kappa shape index (κ2) is 9.19. The molecule has 1 aliphatic heterocycles. The van der Waals surface area contributed by atoms with Crippen LogP contribution in [0.4, 0.5) is 0 Å². The van der Waals surface area contributed by atoms with Gasteiger partial charge in [0.1, 0.15) is 5.01 Å². The first kappa shape index (κ1) is 19.6. The molecular formula is C23H31N3OS. The summed E-state index contributed by atoms with van der Waals surface area (Å²) in [7, 11) is 0. The molecule has 4 nitrogen and oxygen atoms in total. The zero-order valence-corrected chi connectivity index (χ0v) is 17.5. The summed E-state index contributed by atoms with van der Waals surface area (Å²) in [4.78, 5) is 20.0. The lowest BCUT2D eigenvalue weighted by Crippen LogP contribution is -2.58. The molecule has 2 fully saturated rings. The van der Waals surface area contributed by atoms with Gasteiger partial charge in [-0.2, -0.15) is 0 Å². The smallest absolute Gasteiger partial charge is 0.226 e. The van der Waals surface area contributed by atoms with Crippen LogP contribution in [0.25, 0.3) is 10.6 Å². The summed E-state index contributed by atoms with van der Waals surface area (Å²) in [6.45, 7) is 3.19. The number of hydrogen-bond donors (Lipinski definition) is 1. The van der Waals surface area contributed by atoms with Crippen molar-refractivity contribution in [2.75, 3.05) is 19.6 Å². The minimum Gasteiger partial charge on any atom is -0.354 e. The number of benzene rings is 1. The van der Waals surface area contributed by atoms with Crippen LogP contribution in [0.15, 0.2) is 35.7 Å². The van der Waals surface area contributed by atoms with E-state index in [1.807, 2.05) is 23.6 Å². The van der Waals surface area contributed by atoms with Crippen molar-refractivity contribution in [3.63, 3.8) is 0 Å². The first-order chi connectivity index (χ1) is 13.8. The molecule has 0 bridgehead atoms. The standard InChI is InChI=1S/C23H31N3OS/c27-21(16-20-17-28-22(25-20)19-10-4-1-5-11-19)24-18-23(12-6-2-7-13-23)26-14-8-3-9-15-26/h1,4-5,10-11,17H,2-3,6-9,12-16,18H2,(H,24,27). The zero-order chi connectivity index (χ0) is 19.2. The van der Waals surface area contributed by atoms with Gasteiger partial charge in [-0.05, 0) is 38.8 Å². The average molecular weight is 398 g/mol. The predicted molar refractivity (Wildman–Crippen MR) is 116 cm³/mol. The van der Waals surface area contributed by atoms with E-state index in [2.05, 4.69) is 27.3 Å². The van der Waals surface area contributed by atoms with Crippen molar-refractivity contribution in [2.45, 2.75) is 63.3 Å². The molecule has 2 heterocycles. The molecule has 0 unspecified atom stereocenters. The van der Waals surface area contributed by atoms with Gasteiger partial charge in [0.05, 0.1) is 12.1 Å². The number of nitrogens with one attached hydrogen (secondary N) is 1. The maximum absolute atomic E-state index is 12.7. The number of hydrogen-bond acceptors (Lipinski definition) is 4.